The van der Waals surface area contributed by atoms with Crippen LogP contribution in [0.2, 0.25) is 0 Å². The van der Waals surface area contributed by atoms with E-state index in [0.717, 1.165) is 30.5 Å². The van der Waals surface area contributed by atoms with Crippen LogP contribution in [0.5, 0.6) is 0 Å². The number of benzene rings is 1. The number of hydrogen-bond donors (Lipinski definition) is 1. The van der Waals surface area contributed by atoms with Gasteiger partial charge in [-0.2, -0.15) is 0 Å². The number of nitrogens with zero attached hydrogens (tertiary/aromatic N) is 2. The van der Waals surface area contributed by atoms with Crippen LogP contribution in [0.25, 0.3) is 11.0 Å². The van der Waals surface area contributed by atoms with Crippen LogP contribution >= 0.6 is 0 Å². The minimum absolute atomic E-state index is 0.0161. The normalized spacial score (nSPS) is 12.8. The van der Waals surface area contributed by atoms with E-state index in [2.05, 4.69) is 24.1 Å². The third kappa shape index (κ3) is 3.01. The molecule has 2 aromatic rings. The second-order valence-corrected chi connectivity index (χ2v) is 4.89. The van der Waals surface area contributed by atoms with Crippen molar-refractivity contribution < 1.29 is 0 Å². The maximum absolute atomic E-state index is 12.2. The molecule has 4 nitrogen and oxygen atoms in total. The van der Waals surface area contributed by atoms with E-state index in [0.29, 0.717) is 11.7 Å². The first kappa shape index (κ1) is 13.7. The summed E-state index contributed by atoms with van der Waals surface area (Å²) in [5.41, 5.74) is 2.38. The molecule has 1 aromatic heterocycles. The summed E-state index contributed by atoms with van der Waals surface area (Å²) in [5.74, 6) is 0. The molecule has 0 aliphatic rings. The Kier molecular flexibility index (Phi) is 4.32. The van der Waals surface area contributed by atoms with Gasteiger partial charge in [0.05, 0.1) is 11.0 Å². The van der Waals surface area contributed by atoms with Crippen molar-refractivity contribution in [1.82, 2.24) is 14.9 Å². The molecule has 0 bridgehead atoms. The molecule has 0 saturated carbocycles. The molecular weight excluding hydrogens is 238 g/mol. The zero-order valence-corrected chi connectivity index (χ0v) is 11.8. The zero-order valence-electron chi connectivity index (χ0n) is 11.8. The van der Waals surface area contributed by atoms with Gasteiger partial charge in [0.15, 0.2) is 0 Å². The van der Waals surface area contributed by atoms with Gasteiger partial charge in [-0.15, -0.1) is 0 Å². The molecule has 0 aliphatic carbocycles. The maximum atomic E-state index is 12.2. The Bertz CT molecular complexity index is 618. The number of rotatable bonds is 5. The molecular formula is C15H21N3O. The van der Waals surface area contributed by atoms with Gasteiger partial charge in [0, 0.05) is 12.6 Å². The minimum atomic E-state index is 0.0161. The van der Waals surface area contributed by atoms with Crippen molar-refractivity contribution in [3.05, 3.63) is 40.3 Å². The van der Waals surface area contributed by atoms with Crippen LogP contribution in [0.4, 0.5) is 0 Å². The van der Waals surface area contributed by atoms with E-state index in [1.54, 1.807) is 6.92 Å². The number of para-hydroxylation sites is 2. The van der Waals surface area contributed by atoms with Gasteiger partial charge >= 0.3 is 0 Å². The van der Waals surface area contributed by atoms with Gasteiger partial charge in [-0.25, -0.2) is 4.98 Å². The van der Waals surface area contributed by atoms with Crippen molar-refractivity contribution in [2.24, 2.45) is 0 Å². The predicted molar refractivity (Wildman–Crippen MR) is 78.5 cm³/mol. The molecule has 0 saturated heterocycles. The van der Waals surface area contributed by atoms with Gasteiger partial charge in [-0.05, 0) is 38.9 Å². The van der Waals surface area contributed by atoms with Crippen molar-refractivity contribution in [2.75, 3.05) is 6.54 Å². The van der Waals surface area contributed by atoms with Crippen LogP contribution in [-0.4, -0.2) is 22.1 Å². The minimum Gasteiger partial charge on any atom is -0.314 e. The molecule has 2 rings (SSSR count). The number of aryl methyl sites for hydroxylation is 2. The van der Waals surface area contributed by atoms with Crippen LogP contribution in [0.15, 0.2) is 29.1 Å². The van der Waals surface area contributed by atoms with E-state index in [1.807, 2.05) is 28.8 Å². The van der Waals surface area contributed by atoms with E-state index >= 15 is 0 Å². The fraction of sp³-hybridized carbons (Fsp3) is 0.467. The van der Waals surface area contributed by atoms with Crippen molar-refractivity contribution in [2.45, 2.75) is 39.8 Å². The molecule has 102 valence electrons. The standard InChI is InChI=1S/C15H21N3O/c1-4-16-11(2)9-10-18-14-8-6-5-7-13(14)17-12(3)15(18)19/h5-8,11,16H,4,9-10H2,1-3H3. The lowest BCUT2D eigenvalue weighted by Gasteiger charge is -2.15. The maximum Gasteiger partial charge on any atom is 0.272 e. The molecule has 1 unspecified atom stereocenters. The topological polar surface area (TPSA) is 46.9 Å². The molecule has 1 heterocycles. The second-order valence-electron chi connectivity index (χ2n) is 4.89. The molecule has 1 N–H and O–H groups in total. The fourth-order valence-corrected chi connectivity index (χ4v) is 2.32. The number of nitrogens with one attached hydrogen (secondary N) is 1. The summed E-state index contributed by atoms with van der Waals surface area (Å²) in [4.78, 5) is 16.6. The summed E-state index contributed by atoms with van der Waals surface area (Å²) in [6.45, 7) is 7.68. The van der Waals surface area contributed by atoms with Crippen molar-refractivity contribution >= 4 is 11.0 Å². The molecule has 1 atom stereocenters. The summed E-state index contributed by atoms with van der Waals surface area (Å²) in [5, 5.41) is 3.37. The Labute approximate surface area is 113 Å². The third-order valence-corrected chi connectivity index (χ3v) is 3.35. The summed E-state index contributed by atoms with van der Waals surface area (Å²) in [7, 11) is 0. The van der Waals surface area contributed by atoms with Crippen LogP contribution in [0, 0.1) is 6.92 Å². The highest BCUT2D eigenvalue weighted by atomic mass is 16.1. The highest BCUT2D eigenvalue weighted by Crippen LogP contribution is 2.10. The fourth-order valence-electron chi connectivity index (χ4n) is 2.32. The third-order valence-electron chi connectivity index (χ3n) is 3.35. The van der Waals surface area contributed by atoms with Crippen LogP contribution in [0.1, 0.15) is 26.0 Å². The zero-order chi connectivity index (χ0) is 13.8. The number of hydrogen-bond acceptors (Lipinski definition) is 3. The van der Waals surface area contributed by atoms with E-state index in [4.69, 9.17) is 0 Å². The Morgan fingerprint density at radius 3 is 2.84 bits per heavy atom. The summed E-state index contributed by atoms with van der Waals surface area (Å²) >= 11 is 0. The van der Waals surface area contributed by atoms with E-state index in [1.165, 1.54) is 0 Å². The van der Waals surface area contributed by atoms with Gasteiger partial charge in [0.25, 0.3) is 5.56 Å². The molecule has 0 aliphatic heterocycles. The largest absolute Gasteiger partial charge is 0.314 e. The van der Waals surface area contributed by atoms with E-state index in [-0.39, 0.29) is 5.56 Å². The molecule has 19 heavy (non-hydrogen) atoms. The quantitative estimate of drug-likeness (QED) is 0.894. The SMILES string of the molecule is CCNC(C)CCn1c(=O)c(C)nc2ccccc21. The Balaban J connectivity index is 2.35. The first-order chi connectivity index (χ1) is 9.13. The molecule has 0 spiro atoms. The molecule has 1 aromatic carbocycles. The van der Waals surface area contributed by atoms with Crippen molar-refractivity contribution in [1.29, 1.82) is 0 Å². The van der Waals surface area contributed by atoms with Gasteiger partial charge in [0.1, 0.15) is 5.69 Å². The lowest BCUT2D eigenvalue weighted by molar-refractivity contribution is 0.486. The summed E-state index contributed by atoms with van der Waals surface area (Å²) < 4.78 is 1.84. The molecule has 0 radical (unpaired) electrons. The highest BCUT2D eigenvalue weighted by molar-refractivity contribution is 5.74. The van der Waals surface area contributed by atoms with Crippen LogP contribution in [-0.2, 0) is 6.54 Å². The highest BCUT2D eigenvalue weighted by Gasteiger charge is 2.08. The monoisotopic (exact) mass is 259 g/mol. The smallest absolute Gasteiger partial charge is 0.272 e. The van der Waals surface area contributed by atoms with Crippen LogP contribution in [0.3, 0.4) is 0 Å². The van der Waals surface area contributed by atoms with Gasteiger partial charge in [-0.3, -0.25) is 4.79 Å². The Morgan fingerprint density at radius 1 is 1.37 bits per heavy atom. The van der Waals surface area contributed by atoms with Crippen LogP contribution < -0.4 is 10.9 Å². The Hall–Kier alpha value is -1.68. The molecule has 0 fully saturated rings. The van der Waals surface area contributed by atoms with Gasteiger partial charge < -0.3 is 9.88 Å². The number of fused-ring (bicyclic) bond motifs is 1. The summed E-state index contributed by atoms with van der Waals surface area (Å²) in [6.07, 6.45) is 0.932. The number of aromatic nitrogens is 2. The molecule has 0 amide bonds. The average molecular weight is 259 g/mol. The lowest BCUT2D eigenvalue weighted by Crippen LogP contribution is -2.30. The summed E-state index contributed by atoms with van der Waals surface area (Å²) in [6, 6.07) is 8.21. The van der Waals surface area contributed by atoms with Gasteiger partial charge in [-0.1, -0.05) is 19.1 Å². The van der Waals surface area contributed by atoms with Gasteiger partial charge in [0.2, 0.25) is 0 Å². The predicted octanol–water partition coefficient (Wildman–Crippen LogP) is 2.09. The Morgan fingerprint density at radius 2 is 2.11 bits per heavy atom. The first-order valence-corrected chi connectivity index (χ1v) is 6.83. The van der Waals surface area contributed by atoms with Crippen molar-refractivity contribution in [3.8, 4) is 0 Å². The molecule has 4 heteroatoms. The first-order valence-electron chi connectivity index (χ1n) is 6.83. The van der Waals surface area contributed by atoms with Crippen molar-refractivity contribution in [3.63, 3.8) is 0 Å². The second kappa shape index (κ2) is 5.97. The van der Waals surface area contributed by atoms with E-state index < -0.39 is 0 Å². The average Bonchev–Trinajstić information content (AvgIpc) is 2.39. The lowest BCUT2D eigenvalue weighted by atomic mass is 10.2. The van der Waals surface area contributed by atoms with E-state index in [9.17, 15) is 4.79 Å².